The Morgan fingerprint density at radius 1 is 1.40 bits per heavy atom. The van der Waals surface area contributed by atoms with Crippen molar-refractivity contribution in [2.45, 2.75) is 6.29 Å². The van der Waals surface area contributed by atoms with E-state index in [1.807, 2.05) is 24.3 Å². The molecule has 1 aliphatic rings. The lowest BCUT2D eigenvalue weighted by Gasteiger charge is -2.01. The molecule has 2 nitrogen and oxygen atoms in total. The number of hydrogen-bond acceptors (Lipinski definition) is 2. The molecule has 1 aliphatic heterocycles. The lowest BCUT2D eigenvalue weighted by Crippen LogP contribution is -2.09. The van der Waals surface area contributed by atoms with Crippen molar-refractivity contribution in [3.05, 3.63) is 29.8 Å². The van der Waals surface area contributed by atoms with Gasteiger partial charge in [0, 0.05) is 5.56 Å². The van der Waals surface area contributed by atoms with Gasteiger partial charge >= 0.3 is 7.48 Å². The minimum atomic E-state index is -0.698. The largest absolute Gasteiger partial charge is 0.408 e. The van der Waals surface area contributed by atoms with E-state index in [-0.39, 0.29) is 0 Å². The van der Waals surface area contributed by atoms with Gasteiger partial charge in [-0.1, -0.05) is 24.3 Å². The van der Waals surface area contributed by atoms with E-state index < -0.39 is 6.29 Å². The second kappa shape index (κ2) is 2.11. The Hall–Kier alpha value is -0.795. The average Bonchev–Trinajstić information content (AvgIpc) is 2.34. The first-order chi connectivity index (χ1) is 4.88. The Bertz CT molecular complexity index is 249. The van der Waals surface area contributed by atoms with Crippen molar-refractivity contribution in [2.75, 3.05) is 0 Å². The number of rotatable bonds is 0. The van der Waals surface area contributed by atoms with Gasteiger partial charge in [-0.3, -0.25) is 0 Å². The summed E-state index contributed by atoms with van der Waals surface area (Å²) < 4.78 is 4.98. The Labute approximate surface area is 59.7 Å². The molecule has 50 valence electrons. The van der Waals surface area contributed by atoms with Crippen LogP contribution in [0.15, 0.2) is 24.3 Å². The van der Waals surface area contributed by atoms with Crippen molar-refractivity contribution < 1.29 is 9.76 Å². The molecule has 0 spiro atoms. The van der Waals surface area contributed by atoms with Crippen LogP contribution in [0.25, 0.3) is 0 Å². The van der Waals surface area contributed by atoms with Gasteiger partial charge in [0.15, 0.2) is 6.29 Å². The maximum Gasteiger partial charge on any atom is 0.312 e. The summed E-state index contributed by atoms with van der Waals surface area (Å²) in [4.78, 5) is 0. The summed E-state index contributed by atoms with van der Waals surface area (Å²) in [6.07, 6.45) is -0.698. The van der Waals surface area contributed by atoms with Gasteiger partial charge in [-0.15, -0.1) is 0 Å². The van der Waals surface area contributed by atoms with Crippen LogP contribution in [0.1, 0.15) is 11.9 Å². The normalized spacial score (nSPS) is 21.9. The minimum Gasteiger partial charge on any atom is -0.408 e. The van der Waals surface area contributed by atoms with Crippen molar-refractivity contribution in [3.8, 4) is 0 Å². The quantitative estimate of drug-likeness (QED) is 0.493. The van der Waals surface area contributed by atoms with Crippen LogP contribution in [0.4, 0.5) is 0 Å². The van der Waals surface area contributed by atoms with Crippen molar-refractivity contribution in [1.29, 1.82) is 0 Å². The van der Waals surface area contributed by atoms with Crippen molar-refractivity contribution in [3.63, 3.8) is 0 Å². The van der Waals surface area contributed by atoms with Gasteiger partial charge in [0.2, 0.25) is 0 Å². The first kappa shape index (κ1) is 5.95. The lowest BCUT2D eigenvalue weighted by molar-refractivity contribution is -0.00793. The summed E-state index contributed by atoms with van der Waals surface area (Å²) in [5, 5.41) is 9.16. The molecular formula is C7H7BO2. The van der Waals surface area contributed by atoms with Crippen LogP contribution < -0.4 is 5.46 Å². The Balaban J connectivity index is 2.51. The van der Waals surface area contributed by atoms with E-state index in [1.165, 1.54) is 0 Å². The third kappa shape index (κ3) is 0.752. The molecule has 10 heavy (non-hydrogen) atoms. The van der Waals surface area contributed by atoms with Gasteiger partial charge in [-0.2, -0.15) is 0 Å². The molecule has 3 heteroatoms. The SMILES string of the molecule is OC1OBc2ccccc21. The van der Waals surface area contributed by atoms with Gasteiger partial charge in [-0.05, 0) is 5.46 Å². The van der Waals surface area contributed by atoms with E-state index in [4.69, 9.17) is 9.76 Å². The van der Waals surface area contributed by atoms with Gasteiger partial charge in [-0.25, -0.2) is 0 Å². The molecule has 1 atom stereocenters. The molecule has 0 radical (unpaired) electrons. The molecule has 0 bridgehead atoms. The van der Waals surface area contributed by atoms with E-state index in [1.54, 1.807) is 0 Å². The highest BCUT2D eigenvalue weighted by molar-refractivity contribution is 6.49. The number of fused-ring (bicyclic) bond motifs is 1. The zero-order valence-electron chi connectivity index (χ0n) is 5.45. The number of benzene rings is 1. The zero-order valence-corrected chi connectivity index (χ0v) is 5.45. The molecule has 1 unspecified atom stereocenters. The highest BCUT2D eigenvalue weighted by Gasteiger charge is 2.20. The van der Waals surface area contributed by atoms with Crippen LogP contribution in [0.5, 0.6) is 0 Å². The van der Waals surface area contributed by atoms with Gasteiger partial charge in [0.1, 0.15) is 0 Å². The van der Waals surface area contributed by atoms with E-state index >= 15 is 0 Å². The lowest BCUT2D eigenvalue weighted by atomic mass is 9.87. The third-order valence-electron chi connectivity index (χ3n) is 1.72. The Morgan fingerprint density at radius 3 is 3.00 bits per heavy atom. The topological polar surface area (TPSA) is 29.5 Å². The molecule has 0 aromatic heterocycles. The summed E-state index contributed by atoms with van der Waals surface area (Å²) in [5.74, 6) is 0. The van der Waals surface area contributed by atoms with Crippen LogP contribution in [0, 0.1) is 0 Å². The van der Waals surface area contributed by atoms with E-state index in [0.29, 0.717) is 7.48 Å². The fourth-order valence-electron chi connectivity index (χ4n) is 1.17. The zero-order chi connectivity index (χ0) is 6.97. The first-order valence-corrected chi connectivity index (χ1v) is 3.25. The summed E-state index contributed by atoms with van der Waals surface area (Å²) in [6.45, 7) is 0. The molecule has 0 saturated heterocycles. The highest BCUT2D eigenvalue weighted by atomic mass is 16.6. The minimum absolute atomic E-state index is 0.539. The maximum atomic E-state index is 9.16. The second-order valence-electron chi connectivity index (χ2n) is 2.36. The van der Waals surface area contributed by atoms with Crippen LogP contribution in [-0.4, -0.2) is 12.6 Å². The van der Waals surface area contributed by atoms with Crippen LogP contribution in [0.3, 0.4) is 0 Å². The monoisotopic (exact) mass is 134 g/mol. The molecule has 1 aromatic carbocycles. The predicted molar refractivity (Wildman–Crippen MR) is 39.3 cm³/mol. The molecule has 0 saturated carbocycles. The van der Waals surface area contributed by atoms with E-state index in [2.05, 4.69) is 0 Å². The summed E-state index contributed by atoms with van der Waals surface area (Å²) in [7, 11) is 0.539. The summed E-state index contributed by atoms with van der Waals surface area (Å²) in [5.41, 5.74) is 2.00. The smallest absolute Gasteiger partial charge is 0.312 e. The van der Waals surface area contributed by atoms with Gasteiger partial charge < -0.3 is 9.76 Å². The number of aliphatic hydroxyl groups is 1. The maximum absolute atomic E-state index is 9.16. The van der Waals surface area contributed by atoms with E-state index in [9.17, 15) is 0 Å². The fraction of sp³-hybridized carbons (Fsp3) is 0.143. The second-order valence-corrected chi connectivity index (χ2v) is 2.36. The van der Waals surface area contributed by atoms with Crippen molar-refractivity contribution >= 4 is 12.9 Å². The molecule has 0 aliphatic carbocycles. The molecule has 1 heterocycles. The number of hydrogen-bond donors (Lipinski definition) is 1. The van der Waals surface area contributed by atoms with Crippen LogP contribution >= 0.6 is 0 Å². The molecule has 0 fully saturated rings. The fourth-order valence-corrected chi connectivity index (χ4v) is 1.17. The summed E-state index contributed by atoms with van der Waals surface area (Å²) >= 11 is 0. The first-order valence-electron chi connectivity index (χ1n) is 3.25. The van der Waals surface area contributed by atoms with Crippen molar-refractivity contribution in [1.82, 2.24) is 0 Å². The van der Waals surface area contributed by atoms with Crippen molar-refractivity contribution in [2.24, 2.45) is 0 Å². The Morgan fingerprint density at radius 2 is 2.20 bits per heavy atom. The molecular weight excluding hydrogens is 127 g/mol. The molecule has 1 aromatic rings. The van der Waals surface area contributed by atoms with E-state index in [0.717, 1.165) is 11.0 Å². The summed E-state index contributed by atoms with van der Waals surface area (Å²) in [6, 6.07) is 7.69. The molecule has 0 amide bonds. The Kier molecular flexibility index (Phi) is 1.26. The molecule has 1 N–H and O–H groups in total. The standard InChI is InChI=1S/C7H7BO2/c9-7-5-3-1-2-4-6(5)8-10-7/h1-4,7-9H. The van der Waals surface area contributed by atoms with Crippen LogP contribution in [0.2, 0.25) is 0 Å². The number of aliphatic hydroxyl groups excluding tert-OH is 1. The van der Waals surface area contributed by atoms with Gasteiger partial charge in [0.25, 0.3) is 0 Å². The highest BCUT2D eigenvalue weighted by Crippen LogP contribution is 2.15. The van der Waals surface area contributed by atoms with Gasteiger partial charge in [0.05, 0.1) is 0 Å². The molecule has 2 rings (SSSR count). The third-order valence-corrected chi connectivity index (χ3v) is 1.72. The van der Waals surface area contributed by atoms with Crippen LogP contribution in [-0.2, 0) is 4.65 Å². The predicted octanol–water partition coefficient (Wildman–Crippen LogP) is -0.316. The average molecular weight is 134 g/mol.